The van der Waals surface area contributed by atoms with E-state index in [9.17, 15) is 9.90 Å². The minimum atomic E-state index is -0.682. The van der Waals surface area contributed by atoms with Gasteiger partial charge in [-0.2, -0.15) is 0 Å². The molecule has 100 valence electrons. The van der Waals surface area contributed by atoms with Gasteiger partial charge >= 0.3 is 0 Å². The molecule has 17 heavy (non-hydrogen) atoms. The molecule has 1 saturated heterocycles. The number of amides is 1. The molecule has 1 unspecified atom stereocenters. The van der Waals surface area contributed by atoms with E-state index in [0.717, 1.165) is 0 Å². The van der Waals surface area contributed by atoms with Gasteiger partial charge in [-0.05, 0) is 12.8 Å². The molecule has 0 aromatic rings. The number of nitrogens with one attached hydrogen (secondary N) is 1. The van der Waals surface area contributed by atoms with Gasteiger partial charge in [0.25, 0.3) is 0 Å². The maximum absolute atomic E-state index is 12.1. The Morgan fingerprint density at radius 1 is 1.59 bits per heavy atom. The minimum Gasteiger partial charge on any atom is -0.389 e. The van der Waals surface area contributed by atoms with Crippen molar-refractivity contribution in [1.29, 1.82) is 0 Å². The smallest absolute Gasteiger partial charge is 0.227 e. The van der Waals surface area contributed by atoms with E-state index in [4.69, 9.17) is 15.2 Å². The summed E-state index contributed by atoms with van der Waals surface area (Å²) in [6.07, 6.45) is 0.587. The minimum absolute atomic E-state index is 0.0987. The van der Waals surface area contributed by atoms with Gasteiger partial charge in [-0.3, -0.25) is 4.79 Å². The number of methoxy groups -OCH3 is 1. The van der Waals surface area contributed by atoms with Crippen LogP contribution in [0.4, 0.5) is 0 Å². The Labute approximate surface area is 101 Å². The molecule has 0 aromatic carbocycles. The Morgan fingerprint density at radius 2 is 2.24 bits per heavy atom. The highest BCUT2D eigenvalue weighted by atomic mass is 16.5. The van der Waals surface area contributed by atoms with Crippen LogP contribution >= 0.6 is 0 Å². The molecule has 1 amide bonds. The molecule has 6 heteroatoms. The fraction of sp³-hybridized carbons (Fsp3) is 0.909. The quantitative estimate of drug-likeness (QED) is 0.551. The van der Waals surface area contributed by atoms with E-state index in [2.05, 4.69) is 5.32 Å². The number of hydrogen-bond donors (Lipinski definition) is 3. The van der Waals surface area contributed by atoms with Crippen molar-refractivity contribution in [2.75, 3.05) is 40.0 Å². The van der Waals surface area contributed by atoms with Gasteiger partial charge in [-0.15, -0.1) is 0 Å². The highest BCUT2D eigenvalue weighted by Gasteiger charge is 2.38. The van der Waals surface area contributed by atoms with Crippen LogP contribution in [0.25, 0.3) is 0 Å². The summed E-state index contributed by atoms with van der Waals surface area (Å²) in [6.45, 7) is 1.83. The molecule has 1 heterocycles. The Kier molecular flexibility index (Phi) is 5.84. The van der Waals surface area contributed by atoms with Crippen LogP contribution in [0.5, 0.6) is 0 Å². The highest BCUT2D eigenvalue weighted by Crippen LogP contribution is 2.29. The second kappa shape index (κ2) is 6.90. The third-order valence-corrected chi connectivity index (χ3v) is 3.18. The standard InChI is InChI=1S/C11H22N2O4/c1-16-7-9(14)6-13-10(15)11(8-12)2-4-17-5-3-11/h9,14H,2-8,12H2,1H3,(H,13,15). The van der Waals surface area contributed by atoms with Crippen LogP contribution in [0.1, 0.15) is 12.8 Å². The molecular weight excluding hydrogens is 224 g/mol. The van der Waals surface area contributed by atoms with Gasteiger partial charge in [0, 0.05) is 33.4 Å². The lowest BCUT2D eigenvalue weighted by atomic mass is 9.79. The number of carbonyl (C=O) groups is 1. The number of aliphatic hydroxyl groups is 1. The zero-order valence-corrected chi connectivity index (χ0v) is 10.3. The van der Waals surface area contributed by atoms with E-state index in [0.29, 0.717) is 32.6 Å². The number of nitrogens with two attached hydrogens (primary N) is 1. The van der Waals surface area contributed by atoms with Crippen molar-refractivity contribution in [2.24, 2.45) is 11.1 Å². The fourth-order valence-corrected chi connectivity index (χ4v) is 1.94. The normalized spacial score (nSPS) is 20.9. The second-order valence-corrected chi connectivity index (χ2v) is 4.42. The van der Waals surface area contributed by atoms with E-state index < -0.39 is 11.5 Å². The zero-order chi connectivity index (χ0) is 12.7. The van der Waals surface area contributed by atoms with Gasteiger partial charge in [0.15, 0.2) is 0 Å². The molecule has 1 atom stereocenters. The van der Waals surface area contributed by atoms with E-state index in [-0.39, 0.29) is 19.1 Å². The van der Waals surface area contributed by atoms with Crippen molar-refractivity contribution >= 4 is 5.91 Å². The predicted octanol–water partition coefficient (Wildman–Crippen LogP) is -1.13. The van der Waals surface area contributed by atoms with Gasteiger partial charge in [-0.1, -0.05) is 0 Å². The Bertz CT molecular complexity index is 242. The molecule has 1 aliphatic heterocycles. The third-order valence-electron chi connectivity index (χ3n) is 3.18. The van der Waals surface area contributed by atoms with E-state index >= 15 is 0 Å². The Hall–Kier alpha value is -0.690. The molecule has 0 aromatic heterocycles. The highest BCUT2D eigenvalue weighted by molar-refractivity contribution is 5.83. The zero-order valence-electron chi connectivity index (χ0n) is 10.3. The third kappa shape index (κ3) is 3.92. The summed E-state index contributed by atoms with van der Waals surface area (Å²) in [5, 5.41) is 12.2. The van der Waals surface area contributed by atoms with E-state index in [1.165, 1.54) is 7.11 Å². The molecule has 0 aliphatic carbocycles. The molecule has 4 N–H and O–H groups in total. The number of carbonyl (C=O) groups excluding carboxylic acids is 1. The fourth-order valence-electron chi connectivity index (χ4n) is 1.94. The molecular formula is C11H22N2O4. The van der Waals surface area contributed by atoms with Crippen LogP contribution in [0.15, 0.2) is 0 Å². The van der Waals surface area contributed by atoms with Crippen LogP contribution in [0.2, 0.25) is 0 Å². The monoisotopic (exact) mass is 246 g/mol. The number of ether oxygens (including phenoxy) is 2. The van der Waals surface area contributed by atoms with Crippen LogP contribution in [0, 0.1) is 5.41 Å². The Morgan fingerprint density at radius 3 is 2.76 bits per heavy atom. The van der Waals surface area contributed by atoms with E-state index in [1.54, 1.807) is 0 Å². The first-order valence-corrected chi connectivity index (χ1v) is 5.88. The number of rotatable bonds is 6. The molecule has 0 bridgehead atoms. The van der Waals surface area contributed by atoms with Gasteiger partial charge < -0.3 is 25.6 Å². The number of hydrogen-bond acceptors (Lipinski definition) is 5. The van der Waals surface area contributed by atoms with Crippen molar-refractivity contribution in [3.8, 4) is 0 Å². The van der Waals surface area contributed by atoms with Crippen LogP contribution in [0.3, 0.4) is 0 Å². The van der Waals surface area contributed by atoms with E-state index in [1.807, 2.05) is 0 Å². The van der Waals surface area contributed by atoms with Crippen LogP contribution in [-0.2, 0) is 14.3 Å². The van der Waals surface area contributed by atoms with Gasteiger partial charge in [0.2, 0.25) is 5.91 Å². The van der Waals surface area contributed by atoms with Crippen LogP contribution in [-0.4, -0.2) is 57.1 Å². The maximum Gasteiger partial charge on any atom is 0.227 e. The molecule has 6 nitrogen and oxygen atoms in total. The molecule has 1 rings (SSSR count). The van der Waals surface area contributed by atoms with Crippen LogP contribution < -0.4 is 11.1 Å². The topological polar surface area (TPSA) is 93.8 Å². The lowest BCUT2D eigenvalue weighted by molar-refractivity contribution is -0.136. The first-order valence-electron chi connectivity index (χ1n) is 5.88. The lowest BCUT2D eigenvalue weighted by Gasteiger charge is -2.34. The Balaban J connectivity index is 2.43. The lowest BCUT2D eigenvalue weighted by Crippen LogP contribution is -2.50. The first kappa shape index (κ1) is 14.4. The maximum atomic E-state index is 12.1. The molecule has 1 fully saturated rings. The molecule has 0 radical (unpaired) electrons. The van der Waals surface area contributed by atoms with Gasteiger partial charge in [0.05, 0.1) is 18.1 Å². The van der Waals surface area contributed by atoms with Crippen molar-refractivity contribution in [1.82, 2.24) is 5.32 Å². The average molecular weight is 246 g/mol. The van der Waals surface area contributed by atoms with Crippen molar-refractivity contribution in [3.63, 3.8) is 0 Å². The number of aliphatic hydroxyl groups excluding tert-OH is 1. The summed E-state index contributed by atoms with van der Waals surface area (Å²) in [5.74, 6) is -0.0987. The average Bonchev–Trinajstić information content (AvgIpc) is 2.37. The SMILES string of the molecule is COCC(O)CNC(=O)C1(CN)CCOCC1. The van der Waals surface area contributed by atoms with Crippen molar-refractivity contribution in [2.45, 2.75) is 18.9 Å². The first-order chi connectivity index (χ1) is 8.14. The largest absolute Gasteiger partial charge is 0.389 e. The van der Waals surface area contributed by atoms with Crippen molar-refractivity contribution in [3.05, 3.63) is 0 Å². The van der Waals surface area contributed by atoms with Gasteiger partial charge in [0.1, 0.15) is 0 Å². The molecule has 0 spiro atoms. The summed E-state index contributed by atoms with van der Waals surface area (Å²) in [7, 11) is 1.50. The molecule has 1 aliphatic rings. The summed E-state index contributed by atoms with van der Waals surface area (Å²) < 4.78 is 10.0. The van der Waals surface area contributed by atoms with Crippen molar-refractivity contribution < 1.29 is 19.4 Å². The summed E-state index contributed by atoms with van der Waals surface area (Å²) >= 11 is 0. The summed E-state index contributed by atoms with van der Waals surface area (Å²) in [6, 6.07) is 0. The summed E-state index contributed by atoms with van der Waals surface area (Å²) in [5.41, 5.74) is 5.16. The predicted molar refractivity (Wildman–Crippen MR) is 62.4 cm³/mol. The van der Waals surface area contributed by atoms with Gasteiger partial charge in [-0.25, -0.2) is 0 Å². The second-order valence-electron chi connectivity index (χ2n) is 4.42. The summed E-state index contributed by atoms with van der Waals surface area (Å²) in [4.78, 5) is 12.1. The molecule has 0 saturated carbocycles.